The lowest BCUT2D eigenvalue weighted by molar-refractivity contribution is 0.416. The van der Waals surface area contributed by atoms with E-state index < -0.39 is 0 Å². The molecule has 1 aromatic carbocycles. The van der Waals surface area contributed by atoms with Gasteiger partial charge in [0, 0.05) is 34.4 Å². The van der Waals surface area contributed by atoms with Crippen LogP contribution in [0.1, 0.15) is 43.6 Å². The van der Waals surface area contributed by atoms with E-state index in [2.05, 4.69) is 25.7 Å². The van der Waals surface area contributed by atoms with Gasteiger partial charge in [-0.2, -0.15) is 9.61 Å². The smallest absolute Gasteiger partial charge is 0.165 e. The van der Waals surface area contributed by atoms with Crippen LogP contribution in [-0.4, -0.2) is 34.3 Å². The number of ether oxygens (including phenoxy) is 1. The second kappa shape index (κ2) is 7.28. The number of hydrogen-bond donors (Lipinski definition) is 0. The van der Waals surface area contributed by atoms with Crippen LogP contribution >= 0.6 is 11.6 Å². The lowest BCUT2D eigenvalue weighted by atomic mass is 10.0. The second-order valence-electron chi connectivity index (χ2n) is 7.45. The summed E-state index contributed by atoms with van der Waals surface area (Å²) in [6.07, 6.45) is 3.27. The summed E-state index contributed by atoms with van der Waals surface area (Å²) < 4.78 is 7.66. The molecule has 0 saturated carbocycles. The standard InChI is InChI=1S/C22H27ClN4O/c1-6-16(7-2)26-11-10-17-13(3)24-21-20(14(4)25-27(21)22(17)26)18-9-8-15(23)12-19(18)28-5/h8-9,12,16H,6-7,10-11H2,1-5H3. The molecular weight excluding hydrogens is 372 g/mol. The zero-order valence-corrected chi connectivity index (χ0v) is 18.0. The number of nitrogens with zero attached hydrogens (tertiary/aromatic N) is 4. The van der Waals surface area contributed by atoms with E-state index in [-0.39, 0.29) is 0 Å². The average Bonchev–Trinajstić information content (AvgIpc) is 3.25. The maximum Gasteiger partial charge on any atom is 0.165 e. The molecule has 0 radical (unpaired) electrons. The van der Waals surface area contributed by atoms with Crippen LogP contribution in [0.4, 0.5) is 5.82 Å². The Labute approximate surface area is 171 Å². The molecule has 0 atom stereocenters. The first-order valence-corrected chi connectivity index (χ1v) is 10.4. The minimum absolute atomic E-state index is 0.518. The van der Waals surface area contributed by atoms with Crippen LogP contribution in [0.25, 0.3) is 16.8 Å². The molecule has 0 amide bonds. The van der Waals surface area contributed by atoms with E-state index >= 15 is 0 Å². The number of anilines is 1. The van der Waals surface area contributed by atoms with Crippen molar-refractivity contribution in [2.45, 2.75) is 53.0 Å². The molecule has 6 heteroatoms. The molecule has 0 aliphatic carbocycles. The van der Waals surface area contributed by atoms with Crippen molar-refractivity contribution in [1.82, 2.24) is 14.6 Å². The van der Waals surface area contributed by atoms with E-state index in [1.807, 2.05) is 29.6 Å². The third kappa shape index (κ3) is 2.84. The Morgan fingerprint density at radius 2 is 1.93 bits per heavy atom. The Hall–Kier alpha value is -2.27. The largest absolute Gasteiger partial charge is 0.496 e. The molecular formula is C22H27ClN4O. The van der Waals surface area contributed by atoms with Crippen molar-refractivity contribution < 1.29 is 4.74 Å². The minimum Gasteiger partial charge on any atom is -0.496 e. The highest BCUT2D eigenvalue weighted by atomic mass is 35.5. The fourth-order valence-corrected chi connectivity index (χ4v) is 4.64. The molecule has 5 nitrogen and oxygen atoms in total. The molecule has 3 heterocycles. The summed E-state index contributed by atoms with van der Waals surface area (Å²) >= 11 is 6.18. The molecule has 0 saturated heterocycles. The monoisotopic (exact) mass is 398 g/mol. The van der Waals surface area contributed by atoms with E-state index in [0.717, 1.165) is 59.7 Å². The number of fused-ring (bicyclic) bond motifs is 3. The number of hydrogen-bond acceptors (Lipinski definition) is 4. The highest BCUT2D eigenvalue weighted by Gasteiger charge is 2.31. The van der Waals surface area contributed by atoms with Gasteiger partial charge in [-0.15, -0.1) is 0 Å². The van der Waals surface area contributed by atoms with Gasteiger partial charge in [-0.25, -0.2) is 4.98 Å². The fourth-order valence-electron chi connectivity index (χ4n) is 4.48. The normalized spacial score (nSPS) is 13.6. The highest BCUT2D eigenvalue weighted by molar-refractivity contribution is 6.30. The first-order valence-electron chi connectivity index (χ1n) is 9.99. The number of aryl methyl sites for hydroxylation is 2. The molecule has 2 aromatic heterocycles. The molecule has 148 valence electrons. The van der Waals surface area contributed by atoms with Crippen molar-refractivity contribution in [2.75, 3.05) is 18.6 Å². The summed E-state index contributed by atoms with van der Waals surface area (Å²) in [6.45, 7) is 9.70. The molecule has 0 bridgehead atoms. The van der Waals surface area contributed by atoms with Gasteiger partial charge in [0.1, 0.15) is 11.6 Å². The van der Waals surface area contributed by atoms with E-state index in [1.165, 1.54) is 11.4 Å². The van der Waals surface area contributed by atoms with Gasteiger partial charge in [0.05, 0.1) is 18.4 Å². The van der Waals surface area contributed by atoms with Gasteiger partial charge in [-0.1, -0.05) is 25.4 Å². The highest BCUT2D eigenvalue weighted by Crippen LogP contribution is 2.40. The minimum atomic E-state index is 0.518. The Morgan fingerprint density at radius 3 is 2.61 bits per heavy atom. The molecule has 4 rings (SSSR count). The van der Waals surface area contributed by atoms with E-state index in [4.69, 9.17) is 26.4 Å². The second-order valence-corrected chi connectivity index (χ2v) is 7.89. The summed E-state index contributed by atoms with van der Waals surface area (Å²) in [4.78, 5) is 7.49. The topological polar surface area (TPSA) is 42.7 Å². The van der Waals surface area contributed by atoms with Gasteiger partial charge in [-0.3, -0.25) is 0 Å². The van der Waals surface area contributed by atoms with Crippen molar-refractivity contribution in [3.8, 4) is 16.9 Å². The van der Waals surface area contributed by atoms with Gasteiger partial charge in [0.2, 0.25) is 0 Å². The lowest BCUT2D eigenvalue weighted by Gasteiger charge is -2.28. The Balaban J connectivity index is 1.99. The maximum atomic E-state index is 6.18. The van der Waals surface area contributed by atoms with Crippen LogP contribution in [0.15, 0.2) is 18.2 Å². The van der Waals surface area contributed by atoms with E-state index in [9.17, 15) is 0 Å². The van der Waals surface area contributed by atoms with E-state index in [0.29, 0.717) is 11.1 Å². The SMILES string of the molecule is CCC(CC)N1CCc2c(C)nc3c(-c4ccc(Cl)cc4OC)c(C)nn3c21. The van der Waals surface area contributed by atoms with Crippen molar-refractivity contribution in [3.05, 3.63) is 40.2 Å². The van der Waals surface area contributed by atoms with Crippen molar-refractivity contribution in [1.29, 1.82) is 0 Å². The van der Waals surface area contributed by atoms with Crippen LogP contribution in [0.2, 0.25) is 5.02 Å². The predicted molar refractivity (Wildman–Crippen MR) is 115 cm³/mol. The summed E-state index contributed by atoms with van der Waals surface area (Å²) in [5.41, 5.74) is 6.21. The van der Waals surface area contributed by atoms with E-state index in [1.54, 1.807) is 7.11 Å². The Morgan fingerprint density at radius 1 is 1.18 bits per heavy atom. The first kappa shape index (κ1) is 19.1. The van der Waals surface area contributed by atoms with Crippen LogP contribution in [0.3, 0.4) is 0 Å². The number of methoxy groups -OCH3 is 1. The van der Waals surface area contributed by atoms with Gasteiger partial charge in [0.25, 0.3) is 0 Å². The van der Waals surface area contributed by atoms with Crippen LogP contribution < -0.4 is 9.64 Å². The molecule has 0 fully saturated rings. The number of aromatic nitrogens is 3. The Kier molecular flexibility index (Phi) is 4.96. The summed E-state index contributed by atoms with van der Waals surface area (Å²) in [6, 6.07) is 6.24. The van der Waals surface area contributed by atoms with Gasteiger partial charge >= 0.3 is 0 Å². The van der Waals surface area contributed by atoms with Crippen LogP contribution in [-0.2, 0) is 6.42 Å². The van der Waals surface area contributed by atoms with Gasteiger partial charge in [-0.05, 0) is 51.3 Å². The average molecular weight is 399 g/mol. The molecule has 3 aromatic rings. The van der Waals surface area contributed by atoms with Crippen LogP contribution in [0, 0.1) is 13.8 Å². The molecule has 28 heavy (non-hydrogen) atoms. The predicted octanol–water partition coefficient (Wildman–Crippen LogP) is 5.23. The quantitative estimate of drug-likeness (QED) is 0.590. The van der Waals surface area contributed by atoms with Crippen LogP contribution in [0.5, 0.6) is 5.75 Å². The van der Waals surface area contributed by atoms with Crippen molar-refractivity contribution in [2.24, 2.45) is 0 Å². The van der Waals surface area contributed by atoms with Crippen molar-refractivity contribution in [3.63, 3.8) is 0 Å². The van der Waals surface area contributed by atoms with Gasteiger partial charge in [0.15, 0.2) is 5.65 Å². The summed E-state index contributed by atoms with van der Waals surface area (Å²) in [5.74, 6) is 1.95. The number of halogens is 1. The van der Waals surface area contributed by atoms with Crippen molar-refractivity contribution >= 4 is 23.1 Å². The summed E-state index contributed by atoms with van der Waals surface area (Å²) in [7, 11) is 1.67. The number of rotatable bonds is 5. The third-order valence-corrected chi connectivity index (χ3v) is 6.14. The molecule has 0 N–H and O–H groups in total. The Bertz CT molecular complexity index is 1040. The number of benzene rings is 1. The zero-order chi connectivity index (χ0) is 20.0. The summed E-state index contributed by atoms with van der Waals surface area (Å²) in [5, 5.41) is 5.58. The molecule has 0 unspecified atom stereocenters. The molecule has 0 spiro atoms. The fraction of sp³-hybridized carbons (Fsp3) is 0.455. The molecule has 1 aliphatic rings. The molecule has 1 aliphatic heterocycles. The lowest BCUT2D eigenvalue weighted by Crippen LogP contribution is -2.34. The zero-order valence-electron chi connectivity index (χ0n) is 17.2. The van der Waals surface area contributed by atoms with Gasteiger partial charge < -0.3 is 9.64 Å². The maximum absolute atomic E-state index is 6.18. The first-order chi connectivity index (χ1) is 13.5. The third-order valence-electron chi connectivity index (χ3n) is 5.91.